The summed E-state index contributed by atoms with van der Waals surface area (Å²) in [6.07, 6.45) is 2.45. The SMILES string of the molecule is COCCCc1ccc(CCc2ccc(C#Cc3ccc4c(F)c(F)c(F)cc4c3)c(F)c2)c(F)c1. The highest BCUT2D eigenvalue weighted by molar-refractivity contribution is 5.84. The van der Waals surface area contributed by atoms with Crippen molar-refractivity contribution in [1.82, 2.24) is 0 Å². The molecule has 4 aromatic carbocycles. The predicted molar refractivity (Wildman–Crippen MR) is 130 cm³/mol. The normalized spacial score (nSPS) is 10.9. The fourth-order valence-electron chi connectivity index (χ4n) is 3.99. The summed E-state index contributed by atoms with van der Waals surface area (Å²) in [6.45, 7) is 0.624. The van der Waals surface area contributed by atoms with E-state index in [-0.39, 0.29) is 22.2 Å². The van der Waals surface area contributed by atoms with Crippen molar-refractivity contribution in [1.29, 1.82) is 0 Å². The molecule has 6 heteroatoms. The van der Waals surface area contributed by atoms with Gasteiger partial charge in [-0.1, -0.05) is 36.1 Å². The Morgan fingerprint density at radius 1 is 0.667 bits per heavy atom. The fourth-order valence-corrected chi connectivity index (χ4v) is 3.99. The van der Waals surface area contributed by atoms with Gasteiger partial charge in [-0.15, -0.1) is 0 Å². The van der Waals surface area contributed by atoms with E-state index in [1.54, 1.807) is 25.3 Å². The van der Waals surface area contributed by atoms with Crippen molar-refractivity contribution in [3.63, 3.8) is 0 Å². The number of halogens is 5. The number of aryl methyl sites for hydroxylation is 3. The number of hydrogen-bond donors (Lipinski definition) is 0. The second kappa shape index (κ2) is 11.4. The summed E-state index contributed by atoms with van der Waals surface area (Å²) in [7, 11) is 1.63. The number of benzene rings is 4. The smallest absolute Gasteiger partial charge is 0.195 e. The van der Waals surface area contributed by atoms with Crippen LogP contribution in [0.3, 0.4) is 0 Å². The van der Waals surface area contributed by atoms with Crippen molar-refractivity contribution < 1.29 is 26.7 Å². The van der Waals surface area contributed by atoms with Crippen molar-refractivity contribution in [2.24, 2.45) is 0 Å². The van der Waals surface area contributed by atoms with E-state index in [9.17, 15) is 22.0 Å². The molecular formula is C30H23F5O. The van der Waals surface area contributed by atoms with Gasteiger partial charge >= 0.3 is 0 Å². The van der Waals surface area contributed by atoms with Gasteiger partial charge in [-0.25, -0.2) is 22.0 Å². The first-order chi connectivity index (χ1) is 17.4. The van der Waals surface area contributed by atoms with Gasteiger partial charge in [0.2, 0.25) is 0 Å². The summed E-state index contributed by atoms with van der Waals surface area (Å²) in [4.78, 5) is 0. The van der Waals surface area contributed by atoms with Crippen molar-refractivity contribution in [3.05, 3.63) is 118 Å². The van der Waals surface area contributed by atoms with Crippen LogP contribution < -0.4 is 0 Å². The standard InChI is InChI=1S/C30H23F5O/c1-36-14-2-3-19-4-9-22(26(31)16-19)11-6-21-7-12-23(27(32)17-21)10-5-20-8-13-25-24(15-20)18-28(33)30(35)29(25)34/h4,7-9,12-13,15-18H,2-3,6,11,14H2,1H3. The van der Waals surface area contributed by atoms with Crippen molar-refractivity contribution >= 4 is 10.8 Å². The zero-order valence-electron chi connectivity index (χ0n) is 19.6. The van der Waals surface area contributed by atoms with E-state index in [2.05, 4.69) is 11.8 Å². The van der Waals surface area contributed by atoms with E-state index >= 15 is 0 Å². The van der Waals surface area contributed by atoms with Crippen LogP contribution in [0.2, 0.25) is 0 Å². The van der Waals surface area contributed by atoms with Gasteiger partial charge < -0.3 is 4.74 Å². The van der Waals surface area contributed by atoms with Crippen LogP contribution in [-0.2, 0) is 24.0 Å². The van der Waals surface area contributed by atoms with Gasteiger partial charge in [0.25, 0.3) is 0 Å². The Labute approximate surface area is 206 Å². The van der Waals surface area contributed by atoms with Crippen molar-refractivity contribution in [2.45, 2.75) is 25.7 Å². The van der Waals surface area contributed by atoms with Gasteiger partial charge in [0.1, 0.15) is 11.6 Å². The second-order valence-electron chi connectivity index (χ2n) is 8.51. The van der Waals surface area contributed by atoms with Gasteiger partial charge in [0.05, 0.1) is 5.56 Å². The molecule has 0 N–H and O–H groups in total. The fraction of sp³-hybridized carbons (Fsp3) is 0.200. The second-order valence-corrected chi connectivity index (χ2v) is 8.51. The van der Waals surface area contributed by atoms with E-state index in [1.807, 2.05) is 6.07 Å². The van der Waals surface area contributed by atoms with E-state index < -0.39 is 23.3 Å². The lowest BCUT2D eigenvalue weighted by Crippen LogP contribution is -1.99. The monoisotopic (exact) mass is 494 g/mol. The average Bonchev–Trinajstić information content (AvgIpc) is 2.86. The maximum Gasteiger partial charge on any atom is 0.195 e. The molecule has 0 amide bonds. The van der Waals surface area contributed by atoms with E-state index in [0.29, 0.717) is 36.1 Å². The maximum absolute atomic E-state index is 14.6. The third kappa shape index (κ3) is 5.92. The van der Waals surface area contributed by atoms with Gasteiger partial charge in [-0.3, -0.25) is 0 Å². The topological polar surface area (TPSA) is 9.23 Å². The minimum Gasteiger partial charge on any atom is -0.385 e. The number of hydrogen-bond acceptors (Lipinski definition) is 1. The van der Waals surface area contributed by atoms with Crippen molar-refractivity contribution in [3.8, 4) is 11.8 Å². The van der Waals surface area contributed by atoms with Gasteiger partial charge in [-0.2, -0.15) is 0 Å². The summed E-state index contributed by atoms with van der Waals surface area (Å²) in [5, 5.41) is 0.0939. The number of fused-ring (bicyclic) bond motifs is 1. The Balaban J connectivity index is 1.44. The molecule has 4 rings (SSSR count). The molecular weight excluding hydrogens is 471 g/mol. The molecule has 0 atom stereocenters. The zero-order chi connectivity index (χ0) is 25.7. The molecule has 0 spiro atoms. The largest absolute Gasteiger partial charge is 0.385 e. The molecule has 0 heterocycles. The molecule has 0 fully saturated rings. The Morgan fingerprint density at radius 3 is 2.17 bits per heavy atom. The lowest BCUT2D eigenvalue weighted by Gasteiger charge is -2.07. The Kier molecular flexibility index (Phi) is 8.02. The van der Waals surface area contributed by atoms with Crippen LogP contribution in [0.1, 0.15) is 34.2 Å². The third-order valence-electron chi connectivity index (χ3n) is 5.96. The highest BCUT2D eigenvalue weighted by atomic mass is 19.2. The molecule has 36 heavy (non-hydrogen) atoms. The molecule has 184 valence electrons. The Bertz CT molecular complexity index is 1470. The molecule has 0 radical (unpaired) electrons. The molecule has 0 saturated carbocycles. The van der Waals surface area contributed by atoms with Crippen LogP contribution in [0.4, 0.5) is 22.0 Å². The van der Waals surface area contributed by atoms with Crippen LogP contribution in [0.15, 0.2) is 60.7 Å². The summed E-state index contributed by atoms with van der Waals surface area (Å²) in [6, 6.07) is 14.9. The van der Waals surface area contributed by atoms with Crippen molar-refractivity contribution in [2.75, 3.05) is 13.7 Å². The quantitative estimate of drug-likeness (QED) is 0.113. The summed E-state index contributed by atoms with van der Waals surface area (Å²) in [5.74, 6) is 0.620. The summed E-state index contributed by atoms with van der Waals surface area (Å²) >= 11 is 0. The first kappa shape index (κ1) is 25.4. The summed E-state index contributed by atoms with van der Waals surface area (Å²) in [5.41, 5.74) is 2.75. The van der Waals surface area contributed by atoms with E-state index in [4.69, 9.17) is 4.74 Å². The lowest BCUT2D eigenvalue weighted by molar-refractivity contribution is 0.195. The molecule has 0 bridgehead atoms. The minimum atomic E-state index is -1.53. The molecule has 0 aliphatic carbocycles. The van der Waals surface area contributed by atoms with E-state index in [0.717, 1.165) is 24.5 Å². The predicted octanol–water partition coefficient (Wildman–Crippen LogP) is 7.30. The zero-order valence-corrected chi connectivity index (χ0v) is 19.6. The molecule has 0 aromatic heterocycles. The molecule has 0 aliphatic heterocycles. The number of rotatable bonds is 7. The minimum absolute atomic E-state index is 0.0628. The van der Waals surface area contributed by atoms with Crippen LogP contribution in [0.5, 0.6) is 0 Å². The van der Waals surface area contributed by atoms with E-state index in [1.165, 1.54) is 30.3 Å². The molecule has 1 nitrogen and oxygen atoms in total. The first-order valence-electron chi connectivity index (χ1n) is 11.5. The maximum atomic E-state index is 14.6. The highest BCUT2D eigenvalue weighted by Gasteiger charge is 2.13. The Hall–Kier alpha value is -3.69. The Morgan fingerprint density at radius 2 is 1.42 bits per heavy atom. The molecule has 4 aromatic rings. The number of ether oxygens (including phenoxy) is 1. The average molecular weight is 495 g/mol. The molecule has 0 saturated heterocycles. The third-order valence-corrected chi connectivity index (χ3v) is 5.96. The first-order valence-corrected chi connectivity index (χ1v) is 11.5. The number of methoxy groups -OCH3 is 1. The highest BCUT2D eigenvalue weighted by Crippen LogP contribution is 2.24. The lowest BCUT2D eigenvalue weighted by atomic mass is 10.00. The summed E-state index contributed by atoms with van der Waals surface area (Å²) < 4.78 is 74.9. The van der Waals surface area contributed by atoms with Gasteiger partial charge in [0.15, 0.2) is 17.5 Å². The molecule has 0 unspecified atom stereocenters. The van der Waals surface area contributed by atoms with Gasteiger partial charge in [0, 0.05) is 24.7 Å². The van der Waals surface area contributed by atoms with Gasteiger partial charge in [-0.05, 0) is 84.2 Å². The molecule has 0 aliphatic rings. The van der Waals surface area contributed by atoms with Crippen LogP contribution in [0, 0.1) is 40.9 Å². The van der Waals surface area contributed by atoms with Crippen LogP contribution >= 0.6 is 0 Å². The van der Waals surface area contributed by atoms with Crippen LogP contribution in [0.25, 0.3) is 10.8 Å². The van der Waals surface area contributed by atoms with Crippen LogP contribution in [-0.4, -0.2) is 13.7 Å².